The van der Waals surface area contributed by atoms with Crippen LogP contribution in [0, 0.1) is 5.92 Å². The molecule has 16 heavy (non-hydrogen) atoms. The predicted molar refractivity (Wildman–Crippen MR) is 73.2 cm³/mol. The Morgan fingerprint density at radius 1 is 1.31 bits per heavy atom. The smallest absolute Gasteiger partial charge is 0.0553 e. The molecular formula is C13H27NOS. The molecule has 0 amide bonds. The van der Waals surface area contributed by atoms with Crippen molar-refractivity contribution in [3.63, 3.8) is 0 Å². The minimum Gasteiger partial charge on any atom is -0.384 e. The van der Waals surface area contributed by atoms with E-state index in [0.717, 1.165) is 36.1 Å². The van der Waals surface area contributed by atoms with Crippen LogP contribution in [-0.2, 0) is 4.74 Å². The molecule has 1 aliphatic rings. The van der Waals surface area contributed by atoms with E-state index in [0.29, 0.717) is 0 Å². The summed E-state index contributed by atoms with van der Waals surface area (Å²) in [5.41, 5.74) is 0. The average molecular weight is 245 g/mol. The van der Waals surface area contributed by atoms with Gasteiger partial charge >= 0.3 is 0 Å². The van der Waals surface area contributed by atoms with Crippen LogP contribution in [0.3, 0.4) is 0 Å². The molecule has 96 valence electrons. The number of nitrogens with one attached hydrogen (secondary N) is 1. The number of hydrogen-bond donors (Lipinski definition) is 1. The zero-order valence-corrected chi connectivity index (χ0v) is 11.8. The summed E-state index contributed by atoms with van der Waals surface area (Å²) >= 11 is 2.10. The van der Waals surface area contributed by atoms with Gasteiger partial charge in [-0.05, 0) is 31.7 Å². The Labute approximate surface area is 105 Å². The highest BCUT2D eigenvalue weighted by Crippen LogP contribution is 2.34. The fourth-order valence-corrected chi connectivity index (χ4v) is 3.98. The lowest BCUT2D eigenvalue weighted by Gasteiger charge is -2.36. The summed E-state index contributed by atoms with van der Waals surface area (Å²) in [6, 6.07) is 0.731. The number of rotatable bonds is 7. The highest BCUT2D eigenvalue weighted by Gasteiger charge is 2.29. The molecular weight excluding hydrogens is 218 g/mol. The van der Waals surface area contributed by atoms with Gasteiger partial charge in [-0.25, -0.2) is 0 Å². The molecule has 0 aromatic heterocycles. The molecule has 1 fully saturated rings. The average Bonchev–Trinajstić information content (AvgIpc) is 2.31. The van der Waals surface area contributed by atoms with Crippen molar-refractivity contribution in [1.82, 2.24) is 5.32 Å². The second-order valence-corrected chi connectivity index (χ2v) is 6.00. The van der Waals surface area contributed by atoms with E-state index in [-0.39, 0.29) is 0 Å². The molecule has 2 nitrogen and oxygen atoms in total. The fraction of sp³-hybridized carbons (Fsp3) is 1.00. The molecule has 3 atom stereocenters. The minimum absolute atomic E-state index is 0.731. The van der Waals surface area contributed by atoms with Crippen molar-refractivity contribution in [2.24, 2.45) is 5.92 Å². The summed E-state index contributed by atoms with van der Waals surface area (Å²) in [6.07, 6.45) is 5.51. The van der Waals surface area contributed by atoms with Gasteiger partial charge in [-0.2, -0.15) is 11.8 Å². The lowest BCUT2D eigenvalue weighted by molar-refractivity contribution is 0.218. The molecule has 1 N–H and O–H groups in total. The Kier molecular flexibility index (Phi) is 7.50. The van der Waals surface area contributed by atoms with Crippen LogP contribution in [0.15, 0.2) is 0 Å². The molecule has 3 heteroatoms. The summed E-state index contributed by atoms with van der Waals surface area (Å²) < 4.78 is 5.14. The molecule has 0 saturated heterocycles. The van der Waals surface area contributed by atoms with Crippen LogP contribution >= 0.6 is 11.8 Å². The Morgan fingerprint density at radius 3 is 2.75 bits per heavy atom. The molecule has 1 saturated carbocycles. The Morgan fingerprint density at radius 2 is 2.12 bits per heavy atom. The molecule has 0 aliphatic heterocycles. The quantitative estimate of drug-likeness (QED) is 0.697. The molecule has 0 bridgehead atoms. The highest BCUT2D eigenvalue weighted by molar-refractivity contribution is 8.00. The Hall–Kier alpha value is 0.270. The predicted octanol–water partition coefficient (Wildman–Crippen LogP) is 2.92. The first-order valence-electron chi connectivity index (χ1n) is 6.65. The summed E-state index contributed by atoms with van der Waals surface area (Å²) in [7, 11) is 1.79. The first kappa shape index (κ1) is 14.3. The van der Waals surface area contributed by atoms with Gasteiger partial charge in [-0.15, -0.1) is 0 Å². The largest absolute Gasteiger partial charge is 0.384 e. The first-order valence-corrected chi connectivity index (χ1v) is 7.70. The van der Waals surface area contributed by atoms with Crippen molar-refractivity contribution in [1.29, 1.82) is 0 Å². The molecule has 0 radical (unpaired) electrons. The molecule has 0 aromatic carbocycles. The van der Waals surface area contributed by atoms with Crippen molar-refractivity contribution in [2.45, 2.75) is 50.8 Å². The van der Waals surface area contributed by atoms with Crippen molar-refractivity contribution in [3.05, 3.63) is 0 Å². The van der Waals surface area contributed by atoms with Crippen LogP contribution in [0.5, 0.6) is 0 Å². The molecule has 3 unspecified atom stereocenters. The third-order valence-electron chi connectivity index (χ3n) is 3.56. The number of hydrogen-bond acceptors (Lipinski definition) is 3. The van der Waals surface area contributed by atoms with E-state index < -0.39 is 0 Å². The van der Waals surface area contributed by atoms with Gasteiger partial charge in [0.15, 0.2) is 0 Å². The SMILES string of the molecule is CCNC1CCC(CC)CC1SCCOC. The second-order valence-electron chi connectivity index (χ2n) is 4.65. The van der Waals surface area contributed by atoms with Crippen LogP contribution in [0.4, 0.5) is 0 Å². The maximum Gasteiger partial charge on any atom is 0.0553 e. The number of methoxy groups -OCH3 is 1. The molecule has 1 rings (SSSR count). The van der Waals surface area contributed by atoms with E-state index >= 15 is 0 Å². The van der Waals surface area contributed by atoms with Gasteiger partial charge in [0.1, 0.15) is 0 Å². The Bertz CT molecular complexity index is 177. The number of ether oxygens (including phenoxy) is 1. The summed E-state index contributed by atoms with van der Waals surface area (Å²) in [5.74, 6) is 2.09. The van der Waals surface area contributed by atoms with Crippen LogP contribution < -0.4 is 5.32 Å². The minimum atomic E-state index is 0.731. The normalized spacial score (nSPS) is 30.6. The molecule has 0 heterocycles. The monoisotopic (exact) mass is 245 g/mol. The van der Waals surface area contributed by atoms with Crippen molar-refractivity contribution in [3.8, 4) is 0 Å². The van der Waals surface area contributed by atoms with Gasteiger partial charge in [0.05, 0.1) is 6.61 Å². The van der Waals surface area contributed by atoms with Crippen molar-refractivity contribution in [2.75, 3.05) is 26.0 Å². The number of thioether (sulfide) groups is 1. The zero-order chi connectivity index (χ0) is 11.8. The van der Waals surface area contributed by atoms with Gasteiger partial charge in [0.2, 0.25) is 0 Å². The highest BCUT2D eigenvalue weighted by atomic mass is 32.2. The van der Waals surface area contributed by atoms with Gasteiger partial charge in [-0.3, -0.25) is 0 Å². The third-order valence-corrected chi connectivity index (χ3v) is 4.91. The maximum atomic E-state index is 5.14. The maximum absolute atomic E-state index is 5.14. The Balaban J connectivity index is 2.37. The molecule has 0 spiro atoms. The van der Waals surface area contributed by atoms with Gasteiger partial charge < -0.3 is 10.1 Å². The van der Waals surface area contributed by atoms with Crippen LogP contribution in [0.25, 0.3) is 0 Å². The van der Waals surface area contributed by atoms with Crippen LogP contribution in [-0.4, -0.2) is 37.3 Å². The zero-order valence-electron chi connectivity index (χ0n) is 11.0. The van der Waals surface area contributed by atoms with Crippen molar-refractivity contribution >= 4 is 11.8 Å². The second kappa shape index (κ2) is 8.37. The van der Waals surface area contributed by atoms with Gasteiger partial charge in [-0.1, -0.05) is 20.3 Å². The molecule has 1 aliphatic carbocycles. The van der Waals surface area contributed by atoms with E-state index in [4.69, 9.17) is 4.74 Å². The van der Waals surface area contributed by atoms with Crippen LogP contribution in [0.1, 0.15) is 39.5 Å². The summed E-state index contributed by atoms with van der Waals surface area (Å²) in [4.78, 5) is 0. The summed E-state index contributed by atoms with van der Waals surface area (Å²) in [6.45, 7) is 6.53. The standard InChI is InChI=1S/C13H27NOS/c1-4-11-6-7-12(14-5-2)13(10-11)16-9-8-15-3/h11-14H,4-10H2,1-3H3. The van der Waals surface area contributed by atoms with Crippen molar-refractivity contribution < 1.29 is 4.74 Å². The first-order chi connectivity index (χ1) is 7.81. The van der Waals surface area contributed by atoms with E-state index in [1.165, 1.54) is 25.7 Å². The lowest BCUT2D eigenvalue weighted by atomic mass is 9.84. The van der Waals surface area contributed by atoms with E-state index in [1.807, 2.05) is 0 Å². The summed E-state index contributed by atoms with van der Waals surface area (Å²) in [5, 5.41) is 4.44. The van der Waals surface area contributed by atoms with E-state index in [2.05, 4.69) is 30.9 Å². The molecule has 0 aromatic rings. The van der Waals surface area contributed by atoms with Gasteiger partial charge in [0.25, 0.3) is 0 Å². The van der Waals surface area contributed by atoms with E-state index in [1.54, 1.807) is 7.11 Å². The third kappa shape index (κ3) is 4.64. The fourth-order valence-electron chi connectivity index (χ4n) is 2.55. The van der Waals surface area contributed by atoms with Crippen LogP contribution in [0.2, 0.25) is 0 Å². The van der Waals surface area contributed by atoms with E-state index in [9.17, 15) is 0 Å². The lowest BCUT2D eigenvalue weighted by Crippen LogP contribution is -2.42. The van der Waals surface area contributed by atoms with Gasteiger partial charge in [0, 0.05) is 24.2 Å². The topological polar surface area (TPSA) is 21.3 Å².